The second-order valence-electron chi connectivity index (χ2n) is 3.64. The smallest absolute Gasteiger partial charge is 0.137 e. The average Bonchev–Trinajstić information content (AvgIpc) is 1.86. The lowest BCUT2D eigenvalue weighted by atomic mass is 10.0. The Balaban J connectivity index is 3.78. The number of nitrogens with one attached hydrogen (secondary N) is 1. The molecule has 1 unspecified atom stereocenters. The molecule has 0 bridgehead atoms. The van der Waals surface area contributed by atoms with Crippen LogP contribution >= 0.6 is 0 Å². The summed E-state index contributed by atoms with van der Waals surface area (Å²) >= 11 is 0. The first kappa shape index (κ1) is 10.6. The van der Waals surface area contributed by atoms with Gasteiger partial charge in [-0.2, -0.15) is 0 Å². The van der Waals surface area contributed by atoms with Gasteiger partial charge in [-0.1, -0.05) is 27.7 Å². The molecule has 3 N–H and O–H groups in total. The van der Waals surface area contributed by atoms with Crippen LogP contribution in [-0.2, 0) is 0 Å². The maximum Gasteiger partial charge on any atom is 0.137 e. The van der Waals surface area contributed by atoms with Crippen LogP contribution in [0.25, 0.3) is 0 Å². The minimum absolute atomic E-state index is 0.528. The maximum atomic E-state index is 5.38. The van der Waals surface area contributed by atoms with Crippen LogP contribution in [0.3, 0.4) is 0 Å². The number of nitrogens with two attached hydrogens (primary N) is 1. The molecule has 0 aliphatic rings. The molecule has 0 saturated heterocycles. The molecule has 0 saturated carbocycles. The van der Waals surface area contributed by atoms with Crippen LogP contribution in [0.1, 0.15) is 34.1 Å². The summed E-state index contributed by atoms with van der Waals surface area (Å²) in [5.41, 5.74) is 0. The lowest BCUT2D eigenvalue weighted by Crippen LogP contribution is -2.42. The molecule has 0 amide bonds. The monoisotopic (exact) mass is 157 g/mol. The average molecular weight is 157 g/mol. The van der Waals surface area contributed by atoms with Crippen LogP contribution in [0.15, 0.2) is 0 Å². The quantitative estimate of drug-likeness (QED) is 0.551. The van der Waals surface area contributed by atoms with E-state index in [2.05, 4.69) is 33.0 Å². The van der Waals surface area contributed by atoms with Gasteiger partial charge >= 0.3 is 0 Å². The zero-order valence-corrected chi connectivity index (χ0v) is 8.09. The summed E-state index contributed by atoms with van der Waals surface area (Å²) in [4.78, 5) is 0. The SMILES string of the molecule is CC(C)NC(CC=[NH2+])C(C)C. The summed E-state index contributed by atoms with van der Waals surface area (Å²) in [7, 11) is 0. The van der Waals surface area contributed by atoms with Crippen LogP contribution in [-0.4, -0.2) is 18.3 Å². The van der Waals surface area contributed by atoms with Gasteiger partial charge in [0, 0.05) is 18.5 Å². The molecule has 1 atom stereocenters. The molecule has 0 aliphatic carbocycles. The first-order chi connectivity index (χ1) is 5.07. The lowest BCUT2D eigenvalue weighted by molar-refractivity contribution is -0.108. The first-order valence-corrected chi connectivity index (χ1v) is 4.37. The van der Waals surface area contributed by atoms with Crippen molar-refractivity contribution in [1.82, 2.24) is 5.32 Å². The van der Waals surface area contributed by atoms with E-state index >= 15 is 0 Å². The molecule has 0 rings (SSSR count). The molecule has 0 radical (unpaired) electrons. The highest BCUT2D eigenvalue weighted by molar-refractivity contribution is 5.50. The third-order valence-electron chi connectivity index (χ3n) is 1.74. The molecular weight excluding hydrogens is 136 g/mol. The van der Waals surface area contributed by atoms with E-state index in [1.165, 1.54) is 0 Å². The fourth-order valence-electron chi connectivity index (χ4n) is 1.11. The minimum atomic E-state index is 0.528. The summed E-state index contributed by atoms with van der Waals surface area (Å²) in [5, 5.41) is 8.85. The highest BCUT2D eigenvalue weighted by Gasteiger charge is 2.12. The highest BCUT2D eigenvalue weighted by Crippen LogP contribution is 2.04. The second-order valence-corrected chi connectivity index (χ2v) is 3.64. The summed E-state index contributed by atoms with van der Waals surface area (Å²) in [5.74, 6) is 0.650. The van der Waals surface area contributed by atoms with Crippen molar-refractivity contribution in [1.29, 1.82) is 0 Å². The second kappa shape index (κ2) is 5.30. The predicted molar refractivity (Wildman–Crippen MR) is 49.5 cm³/mol. The van der Waals surface area contributed by atoms with Gasteiger partial charge in [0.15, 0.2) is 0 Å². The van der Waals surface area contributed by atoms with E-state index in [1.807, 2.05) is 0 Å². The van der Waals surface area contributed by atoms with Crippen LogP contribution in [0.5, 0.6) is 0 Å². The summed E-state index contributed by atoms with van der Waals surface area (Å²) in [6.07, 6.45) is 2.69. The van der Waals surface area contributed by atoms with Gasteiger partial charge < -0.3 is 5.32 Å². The third-order valence-corrected chi connectivity index (χ3v) is 1.74. The Hall–Kier alpha value is -0.370. The zero-order chi connectivity index (χ0) is 8.85. The van der Waals surface area contributed by atoms with E-state index in [-0.39, 0.29) is 0 Å². The Kier molecular flexibility index (Phi) is 5.12. The van der Waals surface area contributed by atoms with Crippen molar-refractivity contribution in [2.75, 3.05) is 0 Å². The minimum Gasteiger partial charge on any atom is -0.311 e. The van der Waals surface area contributed by atoms with Crippen LogP contribution in [0, 0.1) is 5.92 Å². The van der Waals surface area contributed by atoms with Gasteiger partial charge in [0.05, 0.1) is 0 Å². The Morgan fingerprint density at radius 1 is 1.27 bits per heavy atom. The largest absolute Gasteiger partial charge is 0.311 e. The molecule has 0 aliphatic heterocycles. The van der Waals surface area contributed by atoms with E-state index in [4.69, 9.17) is 5.41 Å². The lowest BCUT2D eigenvalue weighted by Gasteiger charge is -2.22. The van der Waals surface area contributed by atoms with Gasteiger partial charge in [0.2, 0.25) is 0 Å². The third kappa shape index (κ3) is 4.96. The number of rotatable bonds is 5. The van der Waals surface area contributed by atoms with Gasteiger partial charge in [0.1, 0.15) is 6.21 Å². The molecule has 0 fully saturated rings. The summed E-state index contributed by atoms with van der Waals surface area (Å²) in [6.45, 7) is 8.74. The van der Waals surface area contributed by atoms with E-state index in [0.29, 0.717) is 18.0 Å². The molecule has 0 aromatic heterocycles. The van der Waals surface area contributed by atoms with Gasteiger partial charge in [-0.15, -0.1) is 0 Å². The van der Waals surface area contributed by atoms with Crippen molar-refractivity contribution in [3.63, 3.8) is 0 Å². The Morgan fingerprint density at radius 2 is 1.82 bits per heavy atom. The molecule has 2 nitrogen and oxygen atoms in total. The van der Waals surface area contributed by atoms with Crippen molar-refractivity contribution in [3.05, 3.63) is 0 Å². The molecule has 11 heavy (non-hydrogen) atoms. The predicted octanol–water partition coefficient (Wildman–Crippen LogP) is 0.229. The molecule has 66 valence electrons. The van der Waals surface area contributed by atoms with Crippen molar-refractivity contribution in [2.45, 2.75) is 46.2 Å². The molecule has 2 heteroatoms. The molecule has 0 spiro atoms. The maximum absolute atomic E-state index is 5.38. The van der Waals surface area contributed by atoms with E-state index in [1.54, 1.807) is 6.21 Å². The van der Waals surface area contributed by atoms with Gasteiger partial charge in [-0.3, -0.25) is 5.41 Å². The van der Waals surface area contributed by atoms with Gasteiger partial charge in [-0.05, 0) is 5.92 Å². The Morgan fingerprint density at radius 3 is 2.09 bits per heavy atom. The molecule has 0 aromatic rings. The van der Waals surface area contributed by atoms with E-state index in [0.717, 1.165) is 6.42 Å². The van der Waals surface area contributed by atoms with Crippen molar-refractivity contribution in [2.24, 2.45) is 5.92 Å². The number of hydrogen-bond acceptors (Lipinski definition) is 1. The van der Waals surface area contributed by atoms with Crippen molar-refractivity contribution >= 4 is 6.21 Å². The van der Waals surface area contributed by atoms with E-state index in [9.17, 15) is 0 Å². The standard InChI is InChI=1S/C9H20N2/c1-7(2)9(5-6-10)11-8(3)4/h6-11H,5H2,1-4H3/p+1. The number of hydrogen-bond donors (Lipinski definition) is 2. The molecule has 0 aromatic carbocycles. The summed E-state index contributed by atoms with van der Waals surface area (Å²) < 4.78 is 0. The molecular formula is C9H21N2+. The Bertz CT molecular complexity index is 108. The fraction of sp³-hybridized carbons (Fsp3) is 0.889. The normalized spacial score (nSPS) is 14.0. The summed E-state index contributed by atoms with van der Waals surface area (Å²) in [6, 6.07) is 1.07. The highest BCUT2D eigenvalue weighted by atomic mass is 14.9. The van der Waals surface area contributed by atoms with Gasteiger partial charge in [0.25, 0.3) is 0 Å². The van der Waals surface area contributed by atoms with Crippen LogP contribution < -0.4 is 10.7 Å². The van der Waals surface area contributed by atoms with E-state index < -0.39 is 0 Å². The zero-order valence-electron chi connectivity index (χ0n) is 8.09. The topological polar surface area (TPSA) is 37.6 Å². The molecule has 0 heterocycles. The fourth-order valence-corrected chi connectivity index (χ4v) is 1.11. The van der Waals surface area contributed by atoms with Crippen LogP contribution in [0.2, 0.25) is 0 Å². The first-order valence-electron chi connectivity index (χ1n) is 4.37. The van der Waals surface area contributed by atoms with Crippen LogP contribution in [0.4, 0.5) is 0 Å². The van der Waals surface area contributed by atoms with Gasteiger partial charge in [-0.25, -0.2) is 0 Å². The van der Waals surface area contributed by atoms with Crippen molar-refractivity contribution < 1.29 is 5.41 Å². The Labute approximate surface area is 69.9 Å². The van der Waals surface area contributed by atoms with Crippen molar-refractivity contribution in [3.8, 4) is 0 Å².